The Bertz CT molecular complexity index is 762. The van der Waals surface area contributed by atoms with Gasteiger partial charge in [-0.1, -0.05) is 0 Å². The number of nitrogens with one attached hydrogen (secondary N) is 3. The monoisotopic (exact) mass is 291 g/mol. The quantitative estimate of drug-likeness (QED) is 0.652. The van der Waals surface area contributed by atoms with Gasteiger partial charge in [-0.25, -0.2) is 9.59 Å². The fraction of sp³-hybridized carbons (Fsp3) is 0.308. The highest BCUT2D eigenvalue weighted by Gasteiger charge is 2.34. The highest BCUT2D eigenvalue weighted by molar-refractivity contribution is 5.96. The number of carboxylic acids is 1. The number of hydrogen-bond donors (Lipinski definition) is 4. The highest BCUT2D eigenvalue weighted by atomic mass is 16.5. The van der Waals surface area contributed by atoms with Crippen molar-refractivity contribution in [3.63, 3.8) is 0 Å². The molecular formula is C13H13N3O5. The number of fused-ring (bicyclic) bond motifs is 1. The molecule has 1 aliphatic rings. The summed E-state index contributed by atoms with van der Waals surface area (Å²) in [6, 6.07) is 4.93. The first kappa shape index (κ1) is 13.4. The smallest absolute Gasteiger partial charge is 0.332 e. The third-order valence-electron chi connectivity index (χ3n) is 3.37. The SMILES string of the molecule is O=C(O)C1CCC(C(=O)Nc2ccc3[nH]c(=O)[nH]c3c2)O1. The van der Waals surface area contributed by atoms with Crippen LogP contribution in [-0.2, 0) is 14.3 Å². The maximum absolute atomic E-state index is 12.0. The number of anilines is 1. The van der Waals surface area contributed by atoms with Crippen molar-refractivity contribution in [3.05, 3.63) is 28.7 Å². The van der Waals surface area contributed by atoms with Crippen LogP contribution in [-0.4, -0.2) is 39.2 Å². The summed E-state index contributed by atoms with van der Waals surface area (Å²) in [5.74, 6) is -1.45. The molecule has 1 fully saturated rings. The third kappa shape index (κ3) is 2.65. The van der Waals surface area contributed by atoms with Gasteiger partial charge in [-0.2, -0.15) is 0 Å². The topological polar surface area (TPSA) is 124 Å². The van der Waals surface area contributed by atoms with Crippen LogP contribution in [0.25, 0.3) is 11.0 Å². The molecule has 21 heavy (non-hydrogen) atoms. The zero-order chi connectivity index (χ0) is 15.0. The molecule has 0 saturated carbocycles. The molecule has 2 heterocycles. The number of carbonyl (C=O) groups is 2. The predicted octanol–water partition coefficient (Wildman–Crippen LogP) is 0.427. The number of carbonyl (C=O) groups excluding carboxylic acids is 1. The van der Waals surface area contributed by atoms with E-state index in [1.54, 1.807) is 18.2 Å². The molecule has 0 spiro atoms. The number of benzene rings is 1. The van der Waals surface area contributed by atoms with Gasteiger partial charge >= 0.3 is 11.7 Å². The number of aliphatic carboxylic acids is 1. The van der Waals surface area contributed by atoms with Crippen LogP contribution in [0.4, 0.5) is 5.69 Å². The lowest BCUT2D eigenvalue weighted by atomic mass is 10.2. The van der Waals surface area contributed by atoms with Crippen molar-refractivity contribution in [2.45, 2.75) is 25.0 Å². The van der Waals surface area contributed by atoms with Gasteiger partial charge in [0.1, 0.15) is 6.10 Å². The Balaban J connectivity index is 1.71. The molecule has 2 unspecified atom stereocenters. The molecule has 1 saturated heterocycles. The van der Waals surface area contributed by atoms with Crippen LogP contribution < -0.4 is 11.0 Å². The van der Waals surface area contributed by atoms with Crippen LogP contribution in [0.2, 0.25) is 0 Å². The van der Waals surface area contributed by atoms with E-state index < -0.39 is 24.1 Å². The maximum atomic E-state index is 12.0. The lowest BCUT2D eigenvalue weighted by Crippen LogP contribution is -2.29. The van der Waals surface area contributed by atoms with Gasteiger partial charge in [0.15, 0.2) is 6.10 Å². The van der Waals surface area contributed by atoms with E-state index in [0.717, 1.165) is 0 Å². The van der Waals surface area contributed by atoms with Gasteiger partial charge in [0.25, 0.3) is 5.91 Å². The molecule has 1 aromatic carbocycles. The van der Waals surface area contributed by atoms with E-state index in [1.165, 1.54) is 0 Å². The van der Waals surface area contributed by atoms with Crippen molar-refractivity contribution in [3.8, 4) is 0 Å². The summed E-state index contributed by atoms with van der Waals surface area (Å²) in [5, 5.41) is 11.5. The van der Waals surface area contributed by atoms with Gasteiger partial charge in [0, 0.05) is 5.69 Å². The molecule has 1 aliphatic heterocycles. The number of aromatic nitrogens is 2. The van der Waals surface area contributed by atoms with Crippen molar-refractivity contribution < 1.29 is 19.4 Å². The fourth-order valence-electron chi connectivity index (χ4n) is 2.34. The van der Waals surface area contributed by atoms with E-state index in [-0.39, 0.29) is 5.69 Å². The minimum absolute atomic E-state index is 0.317. The molecule has 1 amide bonds. The largest absolute Gasteiger partial charge is 0.479 e. The molecule has 3 rings (SSSR count). The lowest BCUT2D eigenvalue weighted by molar-refractivity contribution is -0.150. The number of aromatic amines is 2. The van der Waals surface area contributed by atoms with Crippen LogP contribution in [0.3, 0.4) is 0 Å². The van der Waals surface area contributed by atoms with E-state index in [4.69, 9.17) is 9.84 Å². The average Bonchev–Trinajstić information content (AvgIpc) is 3.03. The van der Waals surface area contributed by atoms with E-state index in [0.29, 0.717) is 29.6 Å². The highest BCUT2D eigenvalue weighted by Crippen LogP contribution is 2.22. The summed E-state index contributed by atoms with van der Waals surface area (Å²) in [6.07, 6.45) is -1.01. The van der Waals surface area contributed by atoms with Crippen molar-refractivity contribution in [1.82, 2.24) is 9.97 Å². The van der Waals surface area contributed by atoms with E-state index in [9.17, 15) is 14.4 Å². The number of carboxylic acid groups (broad SMARTS) is 1. The van der Waals surface area contributed by atoms with Gasteiger partial charge in [-0.3, -0.25) is 4.79 Å². The summed E-state index contributed by atoms with van der Waals surface area (Å²) in [7, 11) is 0. The molecule has 110 valence electrons. The first-order valence-electron chi connectivity index (χ1n) is 6.44. The van der Waals surface area contributed by atoms with Crippen LogP contribution >= 0.6 is 0 Å². The van der Waals surface area contributed by atoms with Crippen molar-refractivity contribution in [1.29, 1.82) is 0 Å². The van der Waals surface area contributed by atoms with Crippen LogP contribution in [0, 0.1) is 0 Å². The Labute approximate surface area is 118 Å². The van der Waals surface area contributed by atoms with Gasteiger partial charge in [0.2, 0.25) is 0 Å². The molecule has 0 aliphatic carbocycles. The Morgan fingerprint density at radius 2 is 1.90 bits per heavy atom. The minimum Gasteiger partial charge on any atom is -0.479 e. The van der Waals surface area contributed by atoms with Crippen molar-refractivity contribution in [2.75, 3.05) is 5.32 Å². The summed E-state index contributed by atoms with van der Waals surface area (Å²) in [6.45, 7) is 0. The summed E-state index contributed by atoms with van der Waals surface area (Å²) in [4.78, 5) is 39.1. The van der Waals surface area contributed by atoms with Crippen LogP contribution in [0.15, 0.2) is 23.0 Å². The molecule has 0 radical (unpaired) electrons. The molecule has 8 nitrogen and oxygen atoms in total. The summed E-state index contributed by atoms with van der Waals surface area (Å²) in [5.41, 5.74) is 1.40. The van der Waals surface area contributed by atoms with Gasteiger partial charge in [-0.15, -0.1) is 0 Å². The Kier molecular flexibility index (Phi) is 3.22. The fourth-order valence-corrected chi connectivity index (χ4v) is 2.34. The lowest BCUT2D eigenvalue weighted by Gasteiger charge is -2.11. The van der Waals surface area contributed by atoms with Crippen LogP contribution in [0.1, 0.15) is 12.8 Å². The van der Waals surface area contributed by atoms with E-state index >= 15 is 0 Å². The van der Waals surface area contributed by atoms with Crippen molar-refractivity contribution in [2.24, 2.45) is 0 Å². The molecule has 2 atom stereocenters. The van der Waals surface area contributed by atoms with Crippen LogP contribution in [0.5, 0.6) is 0 Å². The number of imidazole rings is 1. The summed E-state index contributed by atoms with van der Waals surface area (Å²) < 4.78 is 5.17. The molecule has 1 aromatic heterocycles. The van der Waals surface area contributed by atoms with E-state index in [1.807, 2.05) is 0 Å². The third-order valence-corrected chi connectivity index (χ3v) is 3.37. The number of ether oxygens (including phenoxy) is 1. The second-order valence-corrected chi connectivity index (χ2v) is 4.86. The second kappa shape index (κ2) is 5.06. The van der Waals surface area contributed by atoms with Gasteiger partial charge < -0.3 is 25.1 Å². The second-order valence-electron chi connectivity index (χ2n) is 4.86. The van der Waals surface area contributed by atoms with Gasteiger partial charge in [0.05, 0.1) is 11.0 Å². The normalized spacial score (nSPS) is 21.5. The Morgan fingerprint density at radius 1 is 1.19 bits per heavy atom. The minimum atomic E-state index is -1.06. The van der Waals surface area contributed by atoms with E-state index in [2.05, 4.69) is 15.3 Å². The number of amides is 1. The molecular weight excluding hydrogens is 278 g/mol. The predicted molar refractivity (Wildman–Crippen MR) is 73.1 cm³/mol. The summed E-state index contributed by atoms with van der Waals surface area (Å²) >= 11 is 0. The van der Waals surface area contributed by atoms with Gasteiger partial charge in [-0.05, 0) is 31.0 Å². The average molecular weight is 291 g/mol. The Morgan fingerprint density at radius 3 is 2.62 bits per heavy atom. The first-order valence-corrected chi connectivity index (χ1v) is 6.44. The standard InChI is InChI=1S/C13H13N3O5/c17-11(9-3-4-10(21-9)12(18)19)14-6-1-2-7-8(5-6)16-13(20)15-7/h1-2,5,9-10H,3-4H2,(H,14,17)(H,18,19)(H2,15,16,20). The first-order chi connectivity index (χ1) is 10.0. The number of rotatable bonds is 3. The Hall–Kier alpha value is -2.61. The number of hydrogen-bond acceptors (Lipinski definition) is 4. The maximum Gasteiger partial charge on any atom is 0.332 e. The molecule has 8 heteroatoms. The zero-order valence-electron chi connectivity index (χ0n) is 10.9. The zero-order valence-corrected chi connectivity index (χ0v) is 10.9. The molecule has 2 aromatic rings. The number of H-pyrrole nitrogens is 2. The molecule has 4 N–H and O–H groups in total. The molecule has 0 bridgehead atoms. The van der Waals surface area contributed by atoms with Crippen molar-refractivity contribution >= 4 is 28.6 Å².